The zero-order valence-corrected chi connectivity index (χ0v) is 17.7. The third-order valence-electron chi connectivity index (χ3n) is 5.87. The molecular weight excluding hydrogens is 411 g/mol. The van der Waals surface area contributed by atoms with Crippen molar-refractivity contribution in [1.82, 2.24) is 4.98 Å². The highest BCUT2D eigenvalue weighted by molar-refractivity contribution is 5.90. The fourth-order valence-corrected chi connectivity index (χ4v) is 4.13. The summed E-state index contributed by atoms with van der Waals surface area (Å²) < 4.78 is 14.5. The minimum Gasteiger partial charge on any atom is -0.481 e. The molecular formula is C25H23FN2O4. The third-order valence-corrected chi connectivity index (χ3v) is 5.87. The summed E-state index contributed by atoms with van der Waals surface area (Å²) in [6.07, 6.45) is 2.24. The molecule has 0 aliphatic heterocycles. The maximum atomic E-state index is 14.5. The van der Waals surface area contributed by atoms with Gasteiger partial charge in [-0.2, -0.15) is 0 Å². The lowest BCUT2D eigenvalue weighted by atomic mass is 9.92. The second-order valence-corrected chi connectivity index (χ2v) is 8.21. The molecule has 32 heavy (non-hydrogen) atoms. The predicted octanol–water partition coefficient (Wildman–Crippen LogP) is 5.00. The van der Waals surface area contributed by atoms with Gasteiger partial charge in [-0.1, -0.05) is 6.07 Å². The van der Waals surface area contributed by atoms with E-state index >= 15 is 0 Å². The van der Waals surface area contributed by atoms with Crippen molar-refractivity contribution in [3.63, 3.8) is 0 Å². The maximum Gasteiger partial charge on any atom is 0.335 e. The van der Waals surface area contributed by atoms with Gasteiger partial charge in [-0.05, 0) is 78.9 Å². The van der Waals surface area contributed by atoms with Crippen molar-refractivity contribution in [2.75, 3.05) is 5.32 Å². The topological polar surface area (TPSA) is 99.5 Å². The first kappa shape index (κ1) is 21.5. The lowest BCUT2D eigenvalue weighted by Crippen LogP contribution is -2.04. The molecule has 1 aliphatic rings. The van der Waals surface area contributed by atoms with Crippen LogP contribution in [0.1, 0.15) is 45.1 Å². The summed E-state index contributed by atoms with van der Waals surface area (Å²) >= 11 is 0. The number of nitrogens with one attached hydrogen (secondary N) is 1. The maximum absolute atomic E-state index is 14.5. The lowest BCUT2D eigenvalue weighted by Gasteiger charge is -2.14. The number of rotatable bonds is 7. The van der Waals surface area contributed by atoms with Crippen molar-refractivity contribution in [3.8, 4) is 11.1 Å². The third kappa shape index (κ3) is 4.32. The van der Waals surface area contributed by atoms with Crippen molar-refractivity contribution in [1.29, 1.82) is 0 Å². The number of halogens is 1. The molecule has 0 spiro atoms. The highest BCUT2D eigenvalue weighted by Gasteiger charge is 2.45. The molecule has 0 amide bonds. The van der Waals surface area contributed by atoms with E-state index in [0.29, 0.717) is 17.7 Å². The molecule has 1 heterocycles. The lowest BCUT2D eigenvalue weighted by molar-refractivity contribution is -0.138. The van der Waals surface area contributed by atoms with Crippen molar-refractivity contribution < 1.29 is 24.2 Å². The number of hydrogen-bond acceptors (Lipinski definition) is 4. The number of aromatic nitrogens is 1. The summed E-state index contributed by atoms with van der Waals surface area (Å²) in [7, 11) is 0. The minimum absolute atomic E-state index is 0.0327. The first-order valence-corrected chi connectivity index (χ1v) is 10.3. The molecule has 4 rings (SSSR count). The monoisotopic (exact) mass is 434 g/mol. The molecule has 3 N–H and O–H groups in total. The fourth-order valence-electron chi connectivity index (χ4n) is 4.13. The zero-order valence-electron chi connectivity index (χ0n) is 17.7. The summed E-state index contributed by atoms with van der Waals surface area (Å²) in [5.41, 5.74) is 5.50. The highest BCUT2D eigenvalue weighted by Crippen LogP contribution is 2.46. The molecule has 0 saturated heterocycles. The molecule has 3 aromatic rings. The van der Waals surface area contributed by atoms with Crippen molar-refractivity contribution >= 4 is 17.6 Å². The summed E-state index contributed by atoms with van der Waals surface area (Å²) in [5.74, 6) is -2.50. The van der Waals surface area contributed by atoms with Crippen LogP contribution in [0, 0.1) is 25.6 Å². The van der Waals surface area contributed by atoms with Gasteiger partial charge < -0.3 is 15.5 Å². The van der Waals surface area contributed by atoms with E-state index in [2.05, 4.69) is 10.3 Å². The highest BCUT2D eigenvalue weighted by atomic mass is 19.1. The molecule has 2 aromatic carbocycles. The van der Waals surface area contributed by atoms with E-state index in [1.54, 1.807) is 36.5 Å². The van der Waals surface area contributed by atoms with Crippen LogP contribution < -0.4 is 5.32 Å². The Hall–Kier alpha value is -3.74. The van der Waals surface area contributed by atoms with Crippen LogP contribution in [0.5, 0.6) is 0 Å². The predicted molar refractivity (Wildman–Crippen MR) is 118 cm³/mol. The Morgan fingerprint density at radius 3 is 2.38 bits per heavy atom. The van der Waals surface area contributed by atoms with Gasteiger partial charge in [-0.15, -0.1) is 0 Å². The number of nitrogens with zero attached hydrogens (tertiary/aromatic N) is 1. The number of benzene rings is 2. The number of carboxylic acid groups (broad SMARTS) is 2. The van der Waals surface area contributed by atoms with Gasteiger partial charge >= 0.3 is 11.9 Å². The number of aryl methyl sites for hydroxylation is 2. The van der Waals surface area contributed by atoms with Gasteiger partial charge in [0.2, 0.25) is 0 Å². The molecule has 0 bridgehead atoms. The van der Waals surface area contributed by atoms with Crippen LogP contribution in [0.2, 0.25) is 0 Å². The number of hydrogen-bond donors (Lipinski definition) is 3. The molecule has 1 aromatic heterocycles. The Morgan fingerprint density at radius 1 is 1.09 bits per heavy atom. The van der Waals surface area contributed by atoms with Crippen LogP contribution in [-0.4, -0.2) is 27.1 Å². The molecule has 1 saturated carbocycles. The number of carboxylic acids is 2. The van der Waals surface area contributed by atoms with Crippen molar-refractivity contribution in [2.24, 2.45) is 5.92 Å². The van der Waals surface area contributed by atoms with Gasteiger partial charge in [0.15, 0.2) is 0 Å². The summed E-state index contributed by atoms with van der Waals surface area (Å²) in [5, 5.41) is 21.5. The number of aliphatic carboxylic acids is 1. The van der Waals surface area contributed by atoms with E-state index in [-0.39, 0.29) is 29.8 Å². The average molecular weight is 434 g/mol. The summed E-state index contributed by atoms with van der Waals surface area (Å²) in [6, 6.07) is 11.7. The first-order valence-electron chi connectivity index (χ1n) is 10.3. The van der Waals surface area contributed by atoms with Gasteiger partial charge in [0.1, 0.15) is 5.82 Å². The molecule has 7 heteroatoms. The van der Waals surface area contributed by atoms with Crippen LogP contribution in [0.3, 0.4) is 0 Å². The summed E-state index contributed by atoms with van der Waals surface area (Å²) in [4.78, 5) is 26.7. The van der Waals surface area contributed by atoms with Gasteiger partial charge in [-0.3, -0.25) is 9.78 Å². The Bertz CT molecular complexity index is 1180. The molecule has 2 atom stereocenters. The summed E-state index contributed by atoms with van der Waals surface area (Å²) in [6.45, 7) is 3.93. The average Bonchev–Trinajstić information content (AvgIpc) is 3.55. The van der Waals surface area contributed by atoms with E-state index < -0.39 is 11.9 Å². The van der Waals surface area contributed by atoms with Crippen molar-refractivity contribution in [3.05, 3.63) is 82.4 Å². The van der Waals surface area contributed by atoms with Crippen molar-refractivity contribution in [2.45, 2.75) is 32.7 Å². The van der Waals surface area contributed by atoms with E-state index in [4.69, 9.17) is 5.11 Å². The fraction of sp³-hybridized carbons (Fsp3) is 0.240. The Kier molecular flexibility index (Phi) is 5.65. The number of aromatic carboxylic acids is 1. The van der Waals surface area contributed by atoms with Crippen LogP contribution in [0.25, 0.3) is 11.1 Å². The molecule has 1 fully saturated rings. The van der Waals surface area contributed by atoms with Crippen LogP contribution >= 0.6 is 0 Å². The normalized spacial score (nSPS) is 17.1. The Balaban J connectivity index is 1.51. The standard InChI is InChI=1S/C25H23FN2O4/c1-13-7-16(24(29)30)8-14(2)23(13)15-3-5-21(26)17(9-15)11-27-18-4-6-22(28-12-18)19-10-20(19)25(31)32/h3-9,12,19-20,27H,10-11H2,1-2H3,(H,29,30)(H,31,32)/t19-,20-/m0/s1. The Labute approximate surface area is 184 Å². The largest absolute Gasteiger partial charge is 0.481 e. The van der Waals surface area contributed by atoms with E-state index in [1.165, 1.54) is 6.07 Å². The van der Waals surface area contributed by atoms with Gasteiger partial charge in [0.25, 0.3) is 0 Å². The van der Waals surface area contributed by atoms with Gasteiger partial charge in [0.05, 0.1) is 23.4 Å². The molecule has 1 aliphatic carbocycles. The molecule has 0 unspecified atom stereocenters. The Morgan fingerprint density at radius 2 is 1.81 bits per heavy atom. The van der Waals surface area contributed by atoms with Crippen LogP contribution in [0.4, 0.5) is 10.1 Å². The number of pyridine rings is 1. The van der Waals surface area contributed by atoms with E-state index in [9.17, 15) is 19.1 Å². The molecule has 0 radical (unpaired) electrons. The smallest absolute Gasteiger partial charge is 0.335 e. The zero-order chi connectivity index (χ0) is 23.0. The second-order valence-electron chi connectivity index (χ2n) is 8.21. The quantitative estimate of drug-likeness (QED) is 0.484. The van der Waals surface area contributed by atoms with Crippen LogP contribution in [0.15, 0.2) is 48.7 Å². The molecule has 6 nitrogen and oxygen atoms in total. The number of anilines is 1. The van der Waals surface area contributed by atoms with E-state index in [0.717, 1.165) is 27.9 Å². The molecule has 164 valence electrons. The first-order chi connectivity index (χ1) is 15.2. The van der Waals surface area contributed by atoms with Crippen LogP contribution in [-0.2, 0) is 11.3 Å². The van der Waals surface area contributed by atoms with Gasteiger partial charge in [0, 0.05) is 23.7 Å². The van der Waals surface area contributed by atoms with Gasteiger partial charge in [-0.25, -0.2) is 9.18 Å². The SMILES string of the molecule is Cc1cc(C(=O)O)cc(C)c1-c1ccc(F)c(CNc2ccc([C@H]3C[C@@H]3C(=O)O)nc2)c1. The second kappa shape index (κ2) is 8.42. The number of carbonyl (C=O) groups is 2. The van der Waals surface area contributed by atoms with E-state index in [1.807, 2.05) is 19.9 Å². The minimum atomic E-state index is -0.980.